The zero-order valence-corrected chi connectivity index (χ0v) is 16.4. The fraction of sp³-hybridized carbons (Fsp3) is 0.0435. The molecular weight excluding hydrogens is 376 g/mol. The third kappa shape index (κ3) is 4.96. The van der Waals surface area contributed by atoms with Crippen LogP contribution >= 0.6 is 0 Å². The van der Waals surface area contributed by atoms with E-state index in [0.29, 0.717) is 17.3 Å². The Morgan fingerprint density at radius 2 is 1.77 bits per heavy atom. The van der Waals surface area contributed by atoms with Crippen LogP contribution in [0, 0.1) is 6.92 Å². The summed E-state index contributed by atoms with van der Waals surface area (Å²) >= 11 is 0. The predicted octanol–water partition coefficient (Wildman–Crippen LogP) is 4.37. The summed E-state index contributed by atoms with van der Waals surface area (Å²) in [6.07, 6.45) is 8.51. The van der Waals surface area contributed by atoms with Crippen molar-refractivity contribution in [2.24, 2.45) is 0 Å². The van der Waals surface area contributed by atoms with E-state index < -0.39 is 0 Å². The molecule has 2 aromatic heterocycles. The van der Waals surface area contributed by atoms with Crippen LogP contribution in [-0.4, -0.2) is 25.4 Å². The lowest BCUT2D eigenvalue weighted by molar-refractivity contribution is -0.111. The van der Waals surface area contributed by atoms with E-state index in [1.54, 1.807) is 18.6 Å². The van der Waals surface area contributed by atoms with Crippen LogP contribution < -0.4 is 10.6 Å². The minimum Gasteiger partial charge on any atom is -0.340 e. The first-order valence-corrected chi connectivity index (χ1v) is 9.41. The topological polar surface area (TPSA) is 84.7 Å². The minimum atomic E-state index is -0.184. The van der Waals surface area contributed by atoms with Crippen molar-refractivity contribution >= 4 is 29.2 Å². The number of rotatable bonds is 6. The average molecular weight is 396 g/mol. The average Bonchev–Trinajstić information content (AvgIpc) is 3.29. The molecule has 0 saturated carbocycles. The highest BCUT2D eigenvalue weighted by molar-refractivity contribution is 6.02. The quantitative estimate of drug-likeness (QED) is 0.473. The van der Waals surface area contributed by atoms with Crippen molar-refractivity contribution < 1.29 is 4.79 Å². The highest BCUT2D eigenvalue weighted by Crippen LogP contribution is 2.19. The number of aryl methyl sites for hydroxylation is 1. The lowest BCUT2D eigenvalue weighted by Gasteiger charge is -2.10. The molecule has 0 unspecified atom stereocenters. The number of amides is 1. The van der Waals surface area contributed by atoms with Crippen molar-refractivity contribution in [3.63, 3.8) is 0 Å². The molecule has 0 aliphatic heterocycles. The van der Waals surface area contributed by atoms with E-state index in [0.717, 1.165) is 17.1 Å². The number of aromatic nitrogens is 4. The first-order chi connectivity index (χ1) is 14.7. The largest absolute Gasteiger partial charge is 0.340 e. The summed E-state index contributed by atoms with van der Waals surface area (Å²) in [6.45, 7) is 1.84. The number of hydrogen-bond donors (Lipinski definition) is 2. The van der Waals surface area contributed by atoms with Crippen LogP contribution in [-0.2, 0) is 4.79 Å². The van der Waals surface area contributed by atoms with Gasteiger partial charge in [0.1, 0.15) is 23.8 Å². The number of nitrogens with one attached hydrogen (secondary N) is 2. The van der Waals surface area contributed by atoms with Crippen LogP contribution in [0.15, 0.2) is 85.5 Å². The molecule has 0 spiro atoms. The zero-order chi connectivity index (χ0) is 20.8. The zero-order valence-electron chi connectivity index (χ0n) is 16.4. The van der Waals surface area contributed by atoms with E-state index >= 15 is 0 Å². The van der Waals surface area contributed by atoms with Crippen molar-refractivity contribution in [3.8, 4) is 5.82 Å². The van der Waals surface area contributed by atoms with E-state index in [4.69, 9.17) is 0 Å². The Kier molecular flexibility index (Phi) is 5.61. The third-order valence-corrected chi connectivity index (χ3v) is 4.24. The van der Waals surface area contributed by atoms with Crippen LogP contribution in [0.25, 0.3) is 11.9 Å². The second kappa shape index (κ2) is 8.83. The van der Waals surface area contributed by atoms with Crippen molar-refractivity contribution in [2.45, 2.75) is 6.92 Å². The molecule has 0 fully saturated rings. The van der Waals surface area contributed by atoms with Crippen LogP contribution in [0.2, 0.25) is 0 Å². The fourth-order valence-electron chi connectivity index (χ4n) is 2.85. The number of imidazole rings is 1. The number of benzene rings is 2. The molecule has 0 aliphatic rings. The number of carbonyl (C=O) groups excluding carboxylic acids is 1. The van der Waals surface area contributed by atoms with E-state index in [-0.39, 0.29) is 5.91 Å². The summed E-state index contributed by atoms with van der Waals surface area (Å²) < 4.78 is 1.82. The minimum absolute atomic E-state index is 0.184. The van der Waals surface area contributed by atoms with Crippen molar-refractivity contribution in [1.82, 2.24) is 19.5 Å². The molecule has 0 atom stereocenters. The molecule has 30 heavy (non-hydrogen) atoms. The van der Waals surface area contributed by atoms with Crippen LogP contribution in [0.5, 0.6) is 0 Å². The Labute approximate surface area is 174 Å². The molecule has 148 valence electrons. The molecule has 7 nitrogen and oxygen atoms in total. The Morgan fingerprint density at radius 3 is 2.50 bits per heavy atom. The van der Waals surface area contributed by atoms with Crippen LogP contribution in [0.3, 0.4) is 0 Å². The second-order valence-corrected chi connectivity index (χ2v) is 6.56. The Hall–Kier alpha value is -4.26. The van der Waals surface area contributed by atoms with Gasteiger partial charge in [-0.1, -0.05) is 30.3 Å². The van der Waals surface area contributed by atoms with Crippen molar-refractivity contribution in [1.29, 1.82) is 0 Å². The Balaban J connectivity index is 1.40. The summed E-state index contributed by atoms with van der Waals surface area (Å²) in [4.78, 5) is 25.0. The first kappa shape index (κ1) is 19.1. The molecule has 7 heteroatoms. The van der Waals surface area contributed by atoms with Gasteiger partial charge in [-0.3, -0.25) is 9.36 Å². The summed E-state index contributed by atoms with van der Waals surface area (Å²) in [5.41, 5.74) is 2.53. The summed E-state index contributed by atoms with van der Waals surface area (Å²) in [5.74, 6) is 1.87. The molecule has 2 aromatic carbocycles. The fourth-order valence-corrected chi connectivity index (χ4v) is 2.85. The maximum absolute atomic E-state index is 12.1. The van der Waals surface area contributed by atoms with Gasteiger partial charge in [-0.05, 0) is 42.8 Å². The van der Waals surface area contributed by atoms with Crippen LogP contribution in [0.1, 0.15) is 11.4 Å². The number of nitrogens with zero attached hydrogens (tertiary/aromatic N) is 4. The second-order valence-electron chi connectivity index (χ2n) is 6.56. The molecule has 0 aliphatic carbocycles. The SMILES string of the molecule is Cc1nc(Nc2ccc(NC(=O)/C=C/c3ccccc3)cc2)cc(-n2ccnc2)n1. The molecule has 0 bridgehead atoms. The molecule has 4 rings (SSSR count). The summed E-state index contributed by atoms with van der Waals surface area (Å²) in [7, 11) is 0. The van der Waals surface area contributed by atoms with Gasteiger partial charge in [0.15, 0.2) is 0 Å². The van der Waals surface area contributed by atoms with Gasteiger partial charge in [-0.2, -0.15) is 0 Å². The molecule has 2 heterocycles. The first-order valence-electron chi connectivity index (χ1n) is 9.41. The standard InChI is InChI=1S/C23H20N6O/c1-17-25-21(15-22(26-17)29-14-13-24-16-29)27-19-8-10-20(11-9-19)28-23(30)12-7-18-5-3-2-4-6-18/h2-16H,1H3,(H,28,30)(H,25,26,27)/b12-7+. The summed E-state index contributed by atoms with van der Waals surface area (Å²) in [6, 6.07) is 19.0. The van der Waals surface area contributed by atoms with E-state index in [1.165, 1.54) is 6.08 Å². The van der Waals surface area contributed by atoms with E-state index in [1.807, 2.05) is 78.4 Å². The van der Waals surface area contributed by atoms with Crippen molar-refractivity contribution in [2.75, 3.05) is 10.6 Å². The molecule has 2 N–H and O–H groups in total. The van der Waals surface area contributed by atoms with Gasteiger partial charge in [-0.15, -0.1) is 0 Å². The molecule has 1 amide bonds. The van der Waals surface area contributed by atoms with Crippen LogP contribution in [0.4, 0.5) is 17.2 Å². The van der Waals surface area contributed by atoms with E-state index in [9.17, 15) is 4.79 Å². The number of anilines is 3. The van der Waals surface area contributed by atoms with Gasteiger partial charge >= 0.3 is 0 Å². The van der Waals surface area contributed by atoms with Gasteiger partial charge in [0.05, 0.1) is 0 Å². The Morgan fingerprint density at radius 1 is 1.00 bits per heavy atom. The lowest BCUT2D eigenvalue weighted by atomic mass is 10.2. The predicted molar refractivity (Wildman–Crippen MR) is 118 cm³/mol. The monoisotopic (exact) mass is 396 g/mol. The molecule has 0 saturated heterocycles. The van der Waals surface area contributed by atoms with Gasteiger partial charge in [-0.25, -0.2) is 15.0 Å². The van der Waals surface area contributed by atoms with Gasteiger partial charge in [0.25, 0.3) is 0 Å². The Bertz CT molecular complexity index is 1150. The lowest BCUT2D eigenvalue weighted by Crippen LogP contribution is -2.07. The van der Waals surface area contributed by atoms with E-state index in [2.05, 4.69) is 25.6 Å². The van der Waals surface area contributed by atoms with Gasteiger partial charge < -0.3 is 10.6 Å². The number of hydrogen-bond acceptors (Lipinski definition) is 5. The maximum Gasteiger partial charge on any atom is 0.248 e. The normalized spacial score (nSPS) is 10.8. The molecular formula is C23H20N6O. The molecule has 4 aromatic rings. The van der Waals surface area contributed by atoms with Crippen molar-refractivity contribution in [3.05, 3.63) is 96.8 Å². The highest BCUT2D eigenvalue weighted by Gasteiger charge is 2.05. The molecule has 0 radical (unpaired) electrons. The third-order valence-electron chi connectivity index (χ3n) is 4.24. The number of carbonyl (C=O) groups is 1. The maximum atomic E-state index is 12.1. The highest BCUT2D eigenvalue weighted by atomic mass is 16.1. The van der Waals surface area contributed by atoms with Gasteiger partial charge in [0.2, 0.25) is 5.91 Å². The summed E-state index contributed by atoms with van der Waals surface area (Å²) in [5, 5.41) is 6.11. The van der Waals surface area contributed by atoms with Gasteiger partial charge in [0, 0.05) is 35.9 Å². The smallest absolute Gasteiger partial charge is 0.248 e.